The lowest BCUT2D eigenvalue weighted by molar-refractivity contribution is -0.138. The predicted molar refractivity (Wildman–Crippen MR) is 115 cm³/mol. The Morgan fingerprint density at radius 2 is 1.21 bits per heavy atom. The van der Waals surface area contributed by atoms with Crippen LogP contribution in [0.15, 0.2) is 25.3 Å². The van der Waals surface area contributed by atoms with E-state index in [1.807, 2.05) is 0 Å². The molecule has 5 nitrogen and oxygen atoms in total. The van der Waals surface area contributed by atoms with E-state index in [1.54, 1.807) is 0 Å². The van der Waals surface area contributed by atoms with E-state index in [4.69, 9.17) is 9.47 Å². The quantitative estimate of drug-likeness (QED) is 0.176. The number of hydrogen-bond acceptors (Lipinski definition) is 5. The van der Waals surface area contributed by atoms with Gasteiger partial charge in [-0.2, -0.15) is 0 Å². The molecular formula is C23H41NO4. The van der Waals surface area contributed by atoms with Gasteiger partial charge in [-0.1, -0.05) is 77.9 Å². The zero-order valence-corrected chi connectivity index (χ0v) is 17.9. The smallest absolute Gasteiger partial charge is 0.330 e. The number of unbranched alkanes of at least 4 members (excludes halogenated alkanes) is 9. The molecule has 1 N–H and O–H groups in total. The highest BCUT2D eigenvalue weighted by molar-refractivity contribution is 5.81. The monoisotopic (exact) mass is 395 g/mol. The first kappa shape index (κ1) is 26.4. The summed E-state index contributed by atoms with van der Waals surface area (Å²) in [6.45, 7) is 10.6. The van der Waals surface area contributed by atoms with Crippen molar-refractivity contribution in [2.75, 3.05) is 19.8 Å². The van der Waals surface area contributed by atoms with Crippen LogP contribution >= 0.6 is 0 Å². The van der Waals surface area contributed by atoms with Gasteiger partial charge in [-0.05, 0) is 25.8 Å². The summed E-state index contributed by atoms with van der Waals surface area (Å²) in [6, 6.07) is 0.147. The van der Waals surface area contributed by atoms with E-state index in [-0.39, 0.29) is 6.04 Å². The van der Waals surface area contributed by atoms with E-state index >= 15 is 0 Å². The van der Waals surface area contributed by atoms with Gasteiger partial charge < -0.3 is 14.8 Å². The SMILES string of the molecule is C=CC(=O)OCCC(CCOC(=O)C=C)NCCCCCCCCCCCC. The zero-order chi connectivity index (χ0) is 20.9. The van der Waals surface area contributed by atoms with Crippen LogP contribution < -0.4 is 5.32 Å². The number of nitrogens with one attached hydrogen (secondary N) is 1. The zero-order valence-electron chi connectivity index (χ0n) is 17.9. The Morgan fingerprint density at radius 3 is 1.64 bits per heavy atom. The van der Waals surface area contributed by atoms with E-state index in [0.717, 1.165) is 25.1 Å². The normalized spacial score (nSPS) is 10.6. The molecule has 0 aliphatic heterocycles. The van der Waals surface area contributed by atoms with Crippen LogP contribution in [0.2, 0.25) is 0 Å². The van der Waals surface area contributed by atoms with Crippen LogP contribution in [-0.2, 0) is 19.1 Å². The molecule has 0 aromatic rings. The molecule has 5 heteroatoms. The average molecular weight is 396 g/mol. The largest absolute Gasteiger partial charge is 0.462 e. The first-order chi connectivity index (χ1) is 13.6. The Hall–Kier alpha value is -1.62. The van der Waals surface area contributed by atoms with Crippen molar-refractivity contribution < 1.29 is 19.1 Å². The van der Waals surface area contributed by atoms with Crippen molar-refractivity contribution in [1.82, 2.24) is 5.32 Å². The molecule has 0 radical (unpaired) electrons. The molecule has 0 aliphatic carbocycles. The van der Waals surface area contributed by atoms with Crippen molar-refractivity contribution in [3.05, 3.63) is 25.3 Å². The molecule has 0 aromatic carbocycles. The van der Waals surface area contributed by atoms with E-state index in [1.165, 1.54) is 57.8 Å². The molecule has 28 heavy (non-hydrogen) atoms. The Balaban J connectivity index is 3.83. The summed E-state index contributed by atoms with van der Waals surface area (Å²) in [5.74, 6) is -0.821. The van der Waals surface area contributed by atoms with Gasteiger partial charge >= 0.3 is 11.9 Å². The molecule has 0 saturated carbocycles. The van der Waals surface area contributed by atoms with Crippen LogP contribution in [0.4, 0.5) is 0 Å². The second-order valence-corrected chi connectivity index (χ2v) is 7.15. The number of esters is 2. The van der Waals surface area contributed by atoms with Crippen LogP contribution in [0.5, 0.6) is 0 Å². The van der Waals surface area contributed by atoms with E-state index in [9.17, 15) is 9.59 Å². The van der Waals surface area contributed by atoms with E-state index < -0.39 is 11.9 Å². The summed E-state index contributed by atoms with van der Waals surface area (Å²) in [5.41, 5.74) is 0. The van der Waals surface area contributed by atoms with Crippen LogP contribution in [0.25, 0.3) is 0 Å². The summed E-state index contributed by atoms with van der Waals surface area (Å²) in [7, 11) is 0. The average Bonchev–Trinajstić information content (AvgIpc) is 2.71. The highest BCUT2D eigenvalue weighted by Crippen LogP contribution is 2.10. The van der Waals surface area contributed by atoms with Crippen molar-refractivity contribution in [2.24, 2.45) is 0 Å². The molecule has 0 bridgehead atoms. The standard InChI is InChI=1S/C23H41NO4/c1-4-7-8-9-10-11-12-13-14-15-18-24-21(16-19-27-22(25)5-2)17-20-28-23(26)6-3/h5-6,21,24H,2-4,7-20H2,1H3. The molecule has 0 amide bonds. The Labute approximate surface area is 171 Å². The maximum absolute atomic E-state index is 11.2. The molecule has 0 aliphatic rings. The van der Waals surface area contributed by atoms with Crippen LogP contribution in [0, 0.1) is 0 Å². The number of hydrogen-bond donors (Lipinski definition) is 1. The predicted octanol–water partition coefficient (Wildman–Crippen LogP) is 5.10. The van der Waals surface area contributed by atoms with Crippen molar-refractivity contribution >= 4 is 11.9 Å². The van der Waals surface area contributed by atoms with E-state index in [2.05, 4.69) is 25.4 Å². The van der Waals surface area contributed by atoms with Gasteiger partial charge in [0, 0.05) is 18.2 Å². The minimum Gasteiger partial charge on any atom is -0.462 e. The third kappa shape index (κ3) is 17.8. The number of rotatable bonds is 20. The highest BCUT2D eigenvalue weighted by Gasteiger charge is 2.10. The van der Waals surface area contributed by atoms with E-state index in [0.29, 0.717) is 26.1 Å². The fraction of sp³-hybridized carbons (Fsp3) is 0.739. The van der Waals surface area contributed by atoms with Crippen LogP contribution in [0.3, 0.4) is 0 Å². The molecule has 162 valence electrons. The molecule has 0 rings (SSSR count). The maximum Gasteiger partial charge on any atom is 0.330 e. The van der Waals surface area contributed by atoms with Crippen molar-refractivity contribution in [1.29, 1.82) is 0 Å². The highest BCUT2D eigenvalue weighted by atomic mass is 16.5. The van der Waals surface area contributed by atoms with Crippen molar-refractivity contribution in [2.45, 2.75) is 90.0 Å². The van der Waals surface area contributed by atoms with Gasteiger partial charge in [0.2, 0.25) is 0 Å². The maximum atomic E-state index is 11.2. The first-order valence-corrected chi connectivity index (χ1v) is 11.0. The van der Waals surface area contributed by atoms with Crippen LogP contribution in [-0.4, -0.2) is 37.7 Å². The topological polar surface area (TPSA) is 64.6 Å². The number of carbonyl (C=O) groups excluding carboxylic acids is 2. The molecule has 0 heterocycles. The second kappa shape index (κ2) is 20.1. The summed E-state index contributed by atoms with van der Waals surface area (Å²) < 4.78 is 10.1. The molecule has 0 saturated heterocycles. The van der Waals surface area contributed by atoms with Gasteiger partial charge in [0.1, 0.15) is 0 Å². The lowest BCUT2D eigenvalue weighted by Gasteiger charge is -2.18. The summed E-state index contributed by atoms with van der Waals surface area (Å²) in [6.07, 6.45) is 16.8. The van der Waals surface area contributed by atoms with Crippen molar-refractivity contribution in [3.63, 3.8) is 0 Å². The van der Waals surface area contributed by atoms with Gasteiger partial charge in [0.15, 0.2) is 0 Å². The van der Waals surface area contributed by atoms with Gasteiger partial charge in [-0.15, -0.1) is 0 Å². The third-order valence-electron chi connectivity index (χ3n) is 4.72. The lowest BCUT2D eigenvalue weighted by Crippen LogP contribution is -2.33. The minimum absolute atomic E-state index is 0.147. The molecule has 0 unspecified atom stereocenters. The molecule has 0 spiro atoms. The fourth-order valence-electron chi connectivity index (χ4n) is 2.99. The first-order valence-electron chi connectivity index (χ1n) is 11.0. The van der Waals surface area contributed by atoms with Gasteiger partial charge in [0.05, 0.1) is 13.2 Å². The Morgan fingerprint density at radius 1 is 0.786 bits per heavy atom. The molecule has 0 fully saturated rings. The number of ether oxygens (including phenoxy) is 2. The third-order valence-corrected chi connectivity index (χ3v) is 4.72. The Kier molecular flexibility index (Phi) is 19.0. The summed E-state index contributed by atoms with van der Waals surface area (Å²) in [5, 5.41) is 3.49. The fourth-order valence-corrected chi connectivity index (χ4v) is 2.99. The number of carbonyl (C=O) groups is 2. The van der Waals surface area contributed by atoms with Crippen molar-refractivity contribution in [3.8, 4) is 0 Å². The second-order valence-electron chi connectivity index (χ2n) is 7.15. The lowest BCUT2D eigenvalue weighted by atomic mass is 10.1. The van der Waals surface area contributed by atoms with Gasteiger partial charge in [0.25, 0.3) is 0 Å². The molecule has 0 aromatic heterocycles. The van der Waals surface area contributed by atoms with Gasteiger partial charge in [-0.3, -0.25) is 0 Å². The van der Waals surface area contributed by atoms with Gasteiger partial charge in [-0.25, -0.2) is 9.59 Å². The minimum atomic E-state index is -0.411. The summed E-state index contributed by atoms with van der Waals surface area (Å²) in [4.78, 5) is 22.3. The molecule has 0 atom stereocenters. The van der Waals surface area contributed by atoms with Crippen LogP contribution in [0.1, 0.15) is 84.0 Å². The Bertz CT molecular complexity index is 397. The summed E-state index contributed by atoms with van der Waals surface area (Å²) >= 11 is 0. The molecular weight excluding hydrogens is 354 g/mol.